The van der Waals surface area contributed by atoms with Crippen molar-refractivity contribution < 1.29 is 30.4 Å². The van der Waals surface area contributed by atoms with E-state index in [4.69, 9.17) is 0 Å². The monoisotopic (exact) mass is 275 g/mol. The van der Waals surface area contributed by atoms with Crippen LogP contribution in [0.3, 0.4) is 0 Å². The lowest BCUT2D eigenvalue weighted by molar-refractivity contribution is -0.132. The Hall–Kier alpha value is -1.22. The van der Waals surface area contributed by atoms with E-state index in [1.165, 1.54) is 0 Å². The molecule has 1 aromatic rings. The Balaban J connectivity index is 3.49. The molecule has 1 unspecified atom stereocenters. The van der Waals surface area contributed by atoms with Gasteiger partial charge in [-0.05, 0) is 18.2 Å². The van der Waals surface area contributed by atoms with Crippen LogP contribution in [0.15, 0.2) is 18.2 Å². The minimum absolute atomic E-state index is 0.151. The second kappa shape index (κ2) is 4.22. The molecule has 2 N–H and O–H groups in total. The van der Waals surface area contributed by atoms with Crippen LogP contribution in [0.1, 0.15) is 10.8 Å². The van der Waals surface area contributed by atoms with Gasteiger partial charge in [0.05, 0.1) is 0 Å². The molecule has 0 aliphatic heterocycles. The Morgan fingerprint density at radius 3 is 2.12 bits per heavy atom. The summed E-state index contributed by atoms with van der Waals surface area (Å²) in [6.07, 6.45) is -5.33. The van der Waals surface area contributed by atoms with Gasteiger partial charge in [0, 0.05) is 5.56 Å². The highest BCUT2D eigenvalue weighted by atomic mass is 32.2. The Kier molecular flexibility index (Phi) is 3.44. The smallest absolute Gasteiger partial charge is 0.228 e. The molecule has 9 heteroatoms. The quantitative estimate of drug-likeness (QED) is 0.837. The van der Waals surface area contributed by atoms with Gasteiger partial charge < -0.3 is 0 Å². The van der Waals surface area contributed by atoms with Crippen molar-refractivity contribution >= 4 is 10.0 Å². The van der Waals surface area contributed by atoms with Crippen molar-refractivity contribution in [2.75, 3.05) is 0 Å². The number of hydrogen-bond acceptors (Lipinski definition) is 2. The SMILES string of the molecule is NS(=O)(=O)C(c1cc(F)ccc1F)C(F)(F)F. The minimum Gasteiger partial charge on any atom is -0.228 e. The summed E-state index contributed by atoms with van der Waals surface area (Å²) < 4.78 is 84.8. The minimum atomic E-state index is -5.33. The molecule has 0 saturated heterocycles. The van der Waals surface area contributed by atoms with Crippen molar-refractivity contribution in [2.45, 2.75) is 11.4 Å². The molecule has 0 aliphatic carbocycles. The molecule has 0 amide bonds. The number of sulfonamides is 1. The van der Waals surface area contributed by atoms with Gasteiger partial charge in [0.25, 0.3) is 0 Å². The van der Waals surface area contributed by atoms with Crippen LogP contribution in [0.5, 0.6) is 0 Å². The van der Waals surface area contributed by atoms with E-state index in [-0.39, 0.29) is 6.07 Å². The molecule has 0 aliphatic rings. The number of halogens is 5. The third kappa shape index (κ3) is 3.13. The normalized spacial score (nSPS) is 14.7. The Morgan fingerprint density at radius 1 is 1.18 bits per heavy atom. The third-order valence-corrected chi connectivity index (χ3v) is 3.04. The van der Waals surface area contributed by atoms with E-state index >= 15 is 0 Å². The maximum Gasteiger partial charge on any atom is 0.410 e. The zero-order chi connectivity index (χ0) is 13.4. The molecule has 3 nitrogen and oxygen atoms in total. The molecule has 0 spiro atoms. The fraction of sp³-hybridized carbons (Fsp3) is 0.250. The first-order valence-corrected chi connectivity index (χ1v) is 5.67. The Bertz CT molecular complexity index is 525. The molecule has 0 radical (unpaired) electrons. The highest BCUT2D eigenvalue weighted by Gasteiger charge is 2.49. The van der Waals surface area contributed by atoms with Crippen LogP contribution in [0.4, 0.5) is 22.0 Å². The fourth-order valence-electron chi connectivity index (χ4n) is 1.26. The first-order valence-electron chi connectivity index (χ1n) is 4.07. The van der Waals surface area contributed by atoms with Gasteiger partial charge in [-0.15, -0.1) is 0 Å². The highest BCUT2D eigenvalue weighted by molar-refractivity contribution is 7.89. The summed E-state index contributed by atoms with van der Waals surface area (Å²) in [7, 11) is -5.15. The van der Waals surface area contributed by atoms with Gasteiger partial charge in [-0.1, -0.05) is 0 Å². The molecule has 1 atom stereocenters. The summed E-state index contributed by atoms with van der Waals surface area (Å²) in [5, 5.41) is 1.09. The lowest BCUT2D eigenvalue weighted by Crippen LogP contribution is -2.34. The van der Waals surface area contributed by atoms with Crippen LogP contribution in [0, 0.1) is 11.6 Å². The Labute approximate surface area is 93.1 Å². The average molecular weight is 275 g/mol. The zero-order valence-electron chi connectivity index (χ0n) is 8.00. The molecule has 0 heterocycles. The average Bonchev–Trinajstić information content (AvgIpc) is 2.06. The molecule has 0 saturated carbocycles. The summed E-state index contributed by atoms with van der Waals surface area (Å²) in [6, 6.07) is 1.11. The summed E-state index contributed by atoms with van der Waals surface area (Å²) in [5.74, 6) is -2.69. The van der Waals surface area contributed by atoms with E-state index in [1.54, 1.807) is 0 Å². The number of nitrogens with two attached hydrogens (primary N) is 1. The third-order valence-electron chi connectivity index (χ3n) is 1.87. The molecule has 0 aromatic heterocycles. The second-order valence-electron chi connectivity index (χ2n) is 3.18. The van der Waals surface area contributed by atoms with Crippen LogP contribution in [-0.2, 0) is 10.0 Å². The van der Waals surface area contributed by atoms with Crippen molar-refractivity contribution in [1.82, 2.24) is 0 Å². The van der Waals surface area contributed by atoms with E-state index in [1.807, 2.05) is 0 Å². The highest BCUT2D eigenvalue weighted by Crippen LogP contribution is 2.38. The van der Waals surface area contributed by atoms with Crippen molar-refractivity contribution in [3.63, 3.8) is 0 Å². The van der Waals surface area contributed by atoms with Gasteiger partial charge in [0.1, 0.15) is 11.6 Å². The number of hydrogen-bond donors (Lipinski definition) is 1. The largest absolute Gasteiger partial charge is 0.410 e. The maximum absolute atomic E-state index is 13.1. The van der Waals surface area contributed by atoms with Crippen molar-refractivity contribution in [3.05, 3.63) is 35.4 Å². The molecule has 96 valence electrons. The van der Waals surface area contributed by atoms with Crippen molar-refractivity contribution in [2.24, 2.45) is 5.14 Å². The van der Waals surface area contributed by atoms with E-state index in [2.05, 4.69) is 5.14 Å². The molecule has 17 heavy (non-hydrogen) atoms. The molecule has 0 bridgehead atoms. The van der Waals surface area contributed by atoms with Gasteiger partial charge in [0.2, 0.25) is 10.0 Å². The number of alkyl halides is 3. The summed E-state index contributed by atoms with van der Waals surface area (Å²) >= 11 is 0. The Morgan fingerprint density at radius 2 is 1.71 bits per heavy atom. The molecule has 1 aromatic carbocycles. The predicted molar refractivity (Wildman–Crippen MR) is 48.3 cm³/mol. The fourth-order valence-corrected chi connectivity index (χ4v) is 2.16. The van der Waals surface area contributed by atoms with Crippen LogP contribution in [0.2, 0.25) is 0 Å². The summed E-state index contributed by atoms with van der Waals surface area (Å²) in [4.78, 5) is 0. The molecule has 0 fully saturated rings. The lowest BCUT2D eigenvalue weighted by atomic mass is 10.1. The van der Waals surface area contributed by atoms with Crippen molar-refractivity contribution in [1.29, 1.82) is 0 Å². The van der Waals surface area contributed by atoms with E-state index in [0.29, 0.717) is 12.1 Å². The van der Waals surface area contributed by atoms with E-state index in [0.717, 1.165) is 0 Å². The van der Waals surface area contributed by atoms with Crippen LogP contribution < -0.4 is 5.14 Å². The molecular weight excluding hydrogens is 269 g/mol. The standard InChI is InChI=1S/C8H6F5NO2S/c9-4-1-2-6(10)5(3-4)7(8(11,12)13)17(14,15)16/h1-3,7H,(H2,14,15,16). The van der Waals surface area contributed by atoms with Gasteiger partial charge >= 0.3 is 6.18 Å². The van der Waals surface area contributed by atoms with Gasteiger partial charge in [-0.2, -0.15) is 13.2 Å². The van der Waals surface area contributed by atoms with Crippen molar-refractivity contribution in [3.8, 4) is 0 Å². The van der Waals surface area contributed by atoms with Gasteiger partial charge in [-0.25, -0.2) is 22.3 Å². The first-order chi connectivity index (χ1) is 7.53. The molecule has 1 rings (SSSR count). The number of benzene rings is 1. The number of rotatable bonds is 2. The lowest BCUT2D eigenvalue weighted by Gasteiger charge is -2.18. The van der Waals surface area contributed by atoms with Crippen LogP contribution in [-0.4, -0.2) is 14.6 Å². The van der Waals surface area contributed by atoms with Crippen LogP contribution >= 0.6 is 0 Å². The van der Waals surface area contributed by atoms with E-state index in [9.17, 15) is 30.4 Å². The topological polar surface area (TPSA) is 60.2 Å². The zero-order valence-corrected chi connectivity index (χ0v) is 8.82. The first kappa shape index (κ1) is 13.8. The summed E-state index contributed by atoms with van der Waals surface area (Å²) in [5.41, 5.74) is -1.36. The van der Waals surface area contributed by atoms with Gasteiger partial charge in [0.15, 0.2) is 5.25 Å². The molecular formula is C8H6F5NO2S. The summed E-state index contributed by atoms with van der Waals surface area (Å²) in [6.45, 7) is 0. The predicted octanol–water partition coefficient (Wildman–Crippen LogP) is 1.86. The number of primary sulfonamides is 1. The second-order valence-corrected chi connectivity index (χ2v) is 4.83. The van der Waals surface area contributed by atoms with Crippen LogP contribution in [0.25, 0.3) is 0 Å². The van der Waals surface area contributed by atoms with E-state index < -0.39 is 38.6 Å². The maximum atomic E-state index is 13.1. The van der Waals surface area contributed by atoms with Gasteiger partial charge in [-0.3, -0.25) is 0 Å².